The molecule has 206 valence electrons. The molecule has 1 aliphatic rings. The van der Waals surface area contributed by atoms with Gasteiger partial charge < -0.3 is 4.57 Å². The fourth-order valence-electron chi connectivity index (χ4n) is 7.07. The molecule has 0 spiro atoms. The summed E-state index contributed by atoms with van der Waals surface area (Å²) in [5, 5.41) is 2.55. The first kappa shape index (κ1) is 24.9. The highest BCUT2D eigenvalue weighted by molar-refractivity contribution is 6.11. The van der Waals surface area contributed by atoms with Crippen molar-refractivity contribution >= 4 is 21.8 Å². The molecule has 1 nitrogen and oxygen atoms in total. The summed E-state index contributed by atoms with van der Waals surface area (Å²) in [5.41, 5.74) is 16.7. The van der Waals surface area contributed by atoms with E-state index < -0.39 is 0 Å². The highest BCUT2D eigenvalue weighted by atomic mass is 15.0. The maximum Gasteiger partial charge on any atom is 0.0541 e. The second kappa shape index (κ2) is 9.97. The first-order valence-corrected chi connectivity index (χ1v) is 15.3. The molecular weight excluding hydrogens is 530 g/mol. The maximum absolute atomic E-state index is 2.45. The van der Waals surface area contributed by atoms with Gasteiger partial charge in [0.15, 0.2) is 0 Å². The molecule has 0 aliphatic heterocycles. The lowest BCUT2D eigenvalue weighted by atomic mass is 9.99. The van der Waals surface area contributed by atoms with Crippen LogP contribution in [0.5, 0.6) is 0 Å². The van der Waals surface area contributed by atoms with Crippen molar-refractivity contribution in [2.45, 2.75) is 6.42 Å². The molecular formula is C43H29N. The van der Waals surface area contributed by atoms with Crippen molar-refractivity contribution < 1.29 is 0 Å². The van der Waals surface area contributed by atoms with Crippen molar-refractivity contribution in [2.75, 3.05) is 0 Å². The minimum Gasteiger partial charge on any atom is -0.309 e. The SMILES string of the molecule is c1ccc(-c2ccc3c(c2)Cc2cc(-n4c5ccc(-c6ccccc6)cc5c5cc(-c6ccccc6)ccc54)ccc2-3)cc1. The van der Waals surface area contributed by atoms with Crippen LogP contribution in [0.15, 0.2) is 164 Å². The second-order valence-electron chi connectivity index (χ2n) is 11.8. The lowest BCUT2D eigenvalue weighted by Gasteiger charge is -2.11. The number of aromatic nitrogens is 1. The lowest BCUT2D eigenvalue weighted by Crippen LogP contribution is -1.95. The molecule has 9 rings (SSSR count). The van der Waals surface area contributed by atoms with Gasteiger partial charge in [0.2, 0.25) is 0 Å². The minimum absolute atomic E-state index is 0.951. The summed E-state index contributed by atoms with van der Waals surface area (Å²) in [4.78, 5) is 0. The van der Waals surface area contributed by atoms with Gasteiger partial charge in [-0.05, 0) is 98.5 Å². The fraction of sp³-hybridized carbons (Fsp3) is 0.0233. The van der Waals surface area contributed by atoms with Crippen LogP contribution in [0.4, 0.5) is 0 Å². The van der Waals surface area contributed by atoms with Gasteiger partial charge in [0.25, 0.3) is 0 Å². The van der Waals surface area contributed by atoms with Crippen molar-refractivity contribution in [1.82, 2.24) is 4.57 Å². The van der Waals surface area contributed by atoms with E-state index in [1.54, 1.807) is 0 Å². The third-order valence-electron chi connectivity index (χ3n) is 9.21. The van der Waals surface area contributed by atoms with E-state index in [9.17, 15) is 0 Å². The van der Waals surface area contributed by atoms with Gasteiger partial charge in [-0.3, -0.25) is 0 Å². The predicted octanol–water partition coefficient (Wildman–Crippen LogP) is 11.4. The molecule has 7 aromatic carbocycles. The first-order valence-electron chi connectivity index (χ1n) is 15.3. The highest BCUT2D eigenvalue weighted by Gasteiger charge is 2.21. The molecule has 44 heavy (non-hydrogen) atoms. The summed E-state index contributed by atoms with van der Waals surface area (Å²) >= 11 is 0. The Hall–Kier alpha value is -5.66. The van der Waals surface area contributed by atoms with E-state index in [0.717, 1.165) is 6.42 Å². The quantitative estimate of drug-likeness (QED) is 0.202. The molecule has 0 radical (unpaired) electrons. The van der Waals surface area contributed by atoms with Crippen LogP contribution in [-0.2, 0) is 6.42 Å². The fourth-order valence-corrected chi connectivity index (χ4v) is 7.07. The molecule has 0 amide bonds. The van der Waals surface area contributed by atoms with E-state index in [1.807, 2.05) is 0 Å². The zero-order valence-corrected chi connectivity index (χ0v) is 24.2. The Kier molecular flexibility index (Phi) is 5.64. The van der Waals surface area contributed by atoms with Crippen LogP contribution in [0.3, 0.4) is 0 Å². The molecule has 0 saturated heterocycles. The Balaban J connectivity index is 1.20. The number of hydrogen-bond donors (Lipinski definition) is 0. The van der Waals surface area contributed by atoms with E-state index in [-0.39, 0.29) is 0 Å². The molecule has 1 heterocycles. The monoisotopic (exact) mass is 559 g/mol. The molecule has 0 N–H and O–H groups in total. The number of hydrogen-bond acceptors (Lipinski definition) is 0. The van der Waals surface area contributed by atoms with Gasteiger partial charge in [0.05, 0.1) is 11.0 Å². The van der Waals surface area contributed by atoms with Gasteiger partial charge in [-0.15, -0.1) is 0 Å². The Labute approximate surface area is 257 Å². The van der Waals surface area contributed by atoms with Crippen LogP contribution in [0, 0.1) is 0 Å². The summed E-state index contributed by atoms with van der Waals surface area (Å²) in [5.74, 6) is 0. The van der Waals surface area contributed by atoms with Crippen LogP contribution < -0.4 is 0 Å². The van der Waals surface area contributed by atoms with E-state index >= 15 is 0 Å². The normalized spacial score (nSPS) is 12.0. The summed E-state index contributed by atoms with van der Waals surface area (Å²) in [6, 6.07) is 59.9. The van der Waals surface area contributed by atoms with E-state index in [1.165, 1.54) is 83.1 Å². The Morgan fingerprint density at radius 2 is 0.773 bits per heavy atom. The molecule has 0 saturated carbocycles. The molecule has 1 heteroatoms. The number of nitrogens with zero attached hydrogens (tertiary/aromatic N) is 1. The van der Waals surface area contributed by atoms with Crippen LogP contribution in [0.2, 0.25) is 0 Å². The molecule has 0 fully saturated rings. The van der Waals surface area contributed by atoms with Crippen LogP contribution in [0.25, 0.3) is 72.0 Å². The van der Waals surface area contributed by atoms with Gasteiger partial charge in [-0.1, -0.05) is 127 Å². The Bertz CT molecular complexity index is 2230. The standard InChI is InChI=1S/C43H29N/c1-4-10-29(11-5-1)32-16-20-38-35(24-32)25-36-26-37(19-21-39(36)38)44-42-22-17-33(30-12-6-2-7-13-30)27-40(42)41-28-34(18-23-43(41)44)31-14-8-3-9-15-31/h1-24,26-28H,25H2. The number of rotatable bonds is 4. The summed E-state index contributed by atoms with van der Waals surface area (Å²) in [7, 11) is 0. The lowest BCUT2D eigenvalue weighted by molar-refractivity contribution is 1.16. The highest BCUT2D eigenvalue weighted by Crippen LogP contribution is 2.42. The number of fused-ring (bicyclic) bond motifs is 6. The van der Waals surface area contributed by atoms with Crippen molar-refractivity contribution in [2.24, 2.45) is 0 Å². The molecule has 1 aromatic heterocycles. The second-order valence-corrected chi connectivity index (χ2v) is 11.8. The molecule has 0 bridgehead atoms. The van der Waals surface area contributed by atoms with Crippen LogP contribution in [-0.4, -0.2) is 4.57 Å². The Morgan fingerprint density at radius 3 is 1.30 bits per heavy atom. The van der Waals surface area contributed by atoms with E-state index in [0.29, 0.717) is 0 Å². The van der Waals surface area contributed by atoms with Gasteiger partial charge >= 0.3 is 0 Å². The largest absolute Gasteiger partial charge is 0.309 e. The summed E-state index contributed by atoms with van der Waals surface area (Å²) in [6.07, 6.45) is 0.951. The molecule has 0 unspecified atom stereocenters. The van der Waals surface area contributed by atoms with Crippen molar-refractivity contribution in [3.8, 4) is 50.2 Å². The average Bonchev–Trinajstić information content (AvgIpc) is 3.63. The number of benzene rings is 7. The van der Waals surface area contributed by atoms with E-state index in [4.69, 9.17) is 0 Å². The van der Waals surface area contributed by atoms with E-state index in [2.05, 4.69) is 168 Å². The van der Waals surface area contributed by atoms with Crippen molar-refractivity contribution in [3.05, 3.63) is 175 Å². The summed E-state index contributed by atoms with van der Waals surface area (Å²) in [6.45, 7) is 0. The summed E-state index contributed by atoms with van der Waals surface area (Å²) < 4.78 is 2.45. The minimum atomic E-state index is 0.951. The van der Waals surface area contributed by atoms with Crippen molar-refractivity contribution in [3.63, 3.8) is 0 Å². The third kappa shape index (κ3) is 4.01. The van der Waals surface area contributed by atoms with Crippen molar-refractivity contribution in [1.29, 1.82) is 0 Å². The zero-order valence-electron chi connectivity index (χ0n) is 24.2. The topological polar surface area (TPSA) is 4.93 Å². The van der Waals surface area contributed by atoms with Gasteiger partial charge in [0.1, 0.15) is 0 Å². The predicted molar refractivity (Wildman–Crippen MR) is 185 cm³/mol. The average molecular weight is 560 g/mol. The molecule has 8 aromatic rings. The molecule has 0 atom stereocenters. The zero-order chi connectivity index (χ0) is 29.0. The smallest absolute Gasteiger partial charge is 0.0541 e. The van der Waals surface area contributed by atoms with Crippen LogP contribution >= 0.6 is 0 Å². The van der Waals surface area contributed by atoms with Gasteiger partial charge in [-0.2, -0.15) is 0 Å². The van der Waals surface area contributed by atoms with Gasteiger partial charge in [-0.25, -0.2) is 0 Å². The first-order chi connectivity index (χ1) is 21.8. The molecule has 1 aliphatic carbocycles. The Morgan fingerprint density at radius 1 is 0.341 bits per heavy atom. The van der Waals surface area contributed by atoms with Gasteiger partial charge in [0, 0.05) is 16.5 Å². The third-order valence-corrected chi connectivity index (χ3v) is 9.21. The van der Waals surface area contributed by atoms with Crippen LogP contribution in [0.1, 0.15) is 11.1 Å². The maximum atomic E-state index is 2.45.